The number of carbonyl (C=O) groups is 2. The first kappa shape index (κ1) is 17.0. The van der Waals surface area contributed by atoms with E-state index in [1.54, 1.807) is 12.0 Å². The fourth-order valence-electron chi connectivity index (χ4n) is 3.27. The van der Waals surface area contributed by atoms with E-state index >= 15 is 0 Å². The van der Waals surface area contributed by atoms with Crippen molar-refractivity contribution in [2.75, 3.05) is 26.7 Å². The summed E-state index contributed by atoms with van der Waals surface area (Å²) in [4.78, 5) is 26.2. The number of carboxylic acid groups (broad SMARTS) is 1. The lowest BCUT2D eigenvalue weighted by molar-refractivity contribution is -0.137. The topological polar surface area (TPSA) is 66.8 Å². The molecule has 2 amide bonds. The SMILES string of the molecule is COc1ccc(CN2CC[N+](CC(=O)O)(c3ccccc3)C2=O)cc1. The van der Waals surface area contributed by atoms with Gasteiger partial charge in [0.25, 0.3) is 0 Å². The van der Waals surface area contributed by atoms with Crippen LogP contribution in [0.2, 0.25) is 0 Å². The molecule has 6 nitrogen and oxygen atoms in total. The molecule has 2 aromatic carbocycles. The summed E-state index contributed by atoms with van der Waals surface area (Å²) in [7, 11) is 1.61. The van der Waals surface area contributed by atoms with Crippen molar-refractivity contribution in [1.29, 1.82) is 0 Å². The van der Waals surface area contributed by atoms with Gasteiger partial charge in [-0.1, -0.05) is 30.3 Å². The van der Waals surface area contributed by atoms with Crippen LogP contribution in [0.3, 0.4) is 0 Å². The second kappa shape index (κ2) is 6.94. The third-order valence-corrected chi connectivity index (χ3v) is 4.58. The van der Waals surface area contributed by atoms with Gasteiger partial charge in [0.15, 0.2) is 6.54 Å². The average molecular weight is 341 g/mol. The molecular formula is C19H21N2O4+. The number of quaternary nitrogens is 1. The van der Waals surface area contributed by atoms with Crippen molar-refractivity contribution in [3.63, 3.8) is 0 Å². The predicted octanol–water partition coefficient (Wildman–Crippen LogP) is 2.72. The molecule has 3 rings (SSSR count). The highest BCUT2D eigenvalue weighted by molar-refractivity contribution is 5.93. The number of hydrogen-bond acceptors (Lipinski definition) is 3. The summed E-state index contributed by atoms with van der Waals surface area (Å²) in [5, 5.41) is 9.35. The number of carboxylic acids is 1. The average Bonchev–Trinajstić information content (AvgIpc) is 2.93. The molecule has 0 aliphatic carbocycles. The van der Waals surface area contributed by atoms with E-state index in [0.29, 0.717) is 25.3 Å². The van der Waals surface area contributed by atoms with Gasteiger partial charge in [-0.25, -0.2) is 9.59 Å². The minimum absolute atomic E-state index is 0.174. The van der Waals surface area contributed by atoms with Gasteiger partial charge in [0.1, 0.15) is 18.0 Å². The summed E-state index contributed by atoms with van der Waals surface area (Å²) in [6.45, 7) is 1.18. The smallest absolute Gasteiger partial charge is 0.425 e. The molecule has 0 bridgehead atoms. The molecule has 1 fully saturated rings. The lowest BCUT2D eigenvalue weighted by Crippen LogP contribution is -2.55. The van der Waals surface area contributed by atoms with Gasteiger partial charge in [-0.3, -0.25) is 4.90 Å². The fourth-order valence-corrected chi connectivity index (χ4v) is 3.27. The monoisotopic (exact) mass is 341 g/mol. The predicted molar refractivity (Wildman–Crippen MR) is 94.4 cm³/mol. The van der Waals surface area contributed by atoms with Crippen molar-refractivity contribution in [1.82, 2.24) is 9.38 Å². The van der Waals surface area contributed by atoms with E-state index in [1.807, 2.05) is 54.6 Å². The van der Waals surface area contributed by atoms with Crippen LogP contribution in [-0.2, 0) is 11.3 Å². The molecule has 0 aromatic heterocycles. The number of nitrogens with zero attached hydrogens (tertiary/aromatic N) is 2. The molecule has 25 heavy (non-hydrogen) atoms. The van der Waals surface area contributed by atoms with E-state index in [2.05, 4.69) is 0 Å². The number of carbonyl (C=O) groups excluding carboxylic acids is 1. The van der Waals surface area contributed by atoms with Crippen LogP contribution in [0.25, 0.3) is 0 Å². The number of benzene rings is 2. The standard InChI is InChI=1S/C19H20N2O4/c1-25-17-9-7-15(8-10-17)13-20-11-12-21(19(20)24,14-18(22)23)16-5-3-2-4-6-16/h2-10H,11-14H2,1H3/p+1. The molecule has 2 aromatic rings. The van der Waals surface area contributed by atoms with Crippen LogP contribution in [0.4, 0.5) is 10.5 Å². The molecule has 0 radical (unpaired) electrons. The molecule has 1 unspecified atom stereocenters. The van der Waals surface area contributed by atoms with Gasteiger partial charge in [0.05, 0.1) is 20.2 Å². The van der Waals surface area contributed by atoms with Crippen LogP contribution < -0.4 is 9.22 Å². The molecule has 0 spiro atoms. The van der Waals surface area contributed by atoms with E-state index in [0.717, 1.165) is 11.3 Å². The molecule has 1 atom stereocenters. The molecule has 1 aliphatic heterocycles. The summed E-state index contributed by atoms with van der Waals surface area (Å²) in [5.41, 5.74) is 1.70. The number of aliphatic carboxylic acids is 1. The summed E-state index contributed by atoms with van der Waals surface area (Å²) >= 11 is 0. The van der Waals surface area contributed by atoms with E-state index in [1.165, 1.54) is 0 Å². The summed E-state index contributed by atoms with van der Waals surface area (Å²) < 4.78 is 4.97. The minimum Gasteiger partial charge on any atom is -0.497 e. The zero-order valence-corrected chi connectivity index (χ0v) is 14.1. The number of urea groups is 1. The molecule has 1 saturated heterocycles. The summed E-state index contributed by atoms with van der Waals surface area (Å²) in [6.07, 6.45) is 0. The van der Waals surface area contributed by atoms with Crippen molar-refractivity contribution in [2.24, 2.45) is 0 Å². The number of amides is 2. The van der Waals surface area contributed by atoms with Gasteiger partial charge in [0, 0.05) is 0 Å². The number of methoxy groups -OCH3 is 1. The Morgan fingerprint density at radius 1 is 1.16 bits per heavy atom. The lowest BCUT2D eigenvalue weighted by Gasteiger charge is -2.28. The third-order valence-electron chi connectivity index (χ3n) is 4.58. The van der Waals surface area contributed by atoms with Gasteiger partial charge in [0.2, 0.25) is 0 Å². The lowest BCUT2D eigenvalue weighted by atomic mass is 10.2. The maximum atomic E-state index is 13.1. The number of ether oxygens (including phenoxy) is 1. The second-order valence-corrected chi connectivity index (χ2v) is 6.13. The van der Waals surface area contributed by atoms with Gasteiger partial charge in [-0.15, -0.1) is 0 Å². The van der Waals surface area contributed by atoms with Gasteiger partial charge < -0.3 is 9.84 Å². The van der Waals surface area contributed by atoms with Gasteiger partial charge in [-0.2, -0.15) is 4.48 Å². The summed E-state index contributed by atoms with van der Waals surface area (Å²) in [6, 6.07) is 16.5. The molecular weight excluding hydrogens is 320 g/mol. The highest BCUT2D eigenvalue weighted by Crippen LogP contribution is 2.30. The van der Waals surface area contributed by atoms with Crippen molar-refractivity contribution < 1.29 is 19.4 Å². The maximum absolute atomic E-state index is 13.1. The Bertz CT molecular complexity index is 761. The molecule has 0 saturated carbocycles. The highest BCUT2D eigenvalue weighted by atomic mass is 16.5. The summed E-state index contributed by atoms with van der Waals surface area (Å²) in [5.74, 6) is -0.222. The van der Waals surface area contributed by atoms with Crippen LogP contribution in [0, 0.1) is 0 Å². The fraction of sp³-hybridized carbons (Fsp3) is 0.263. The van der Waals surface area contributed by atoms with Crippen molar-refractivity contribution in [2.45, 2.75) is 6.54 Å². The zero-order chi connectivity index (χ0) is 17.9. The number of hydrogen-bond donors (Lipinski definition) is 1. The second-order valence-electron chi connectivity index (χ2n) is 6.13. The van der Waals surface area contributed by atoms with E-state index in [-0.39, 0.29) is 17.1 Å². The van der Waals surface area contributed by atoms with E-state index in [9.17, 15) is 14.7 Å². The largest absolute Gasteiger partial charge is 0.497 e. The Hall–Kier alpha value is -2.86. The molecule has 1 heterocycles. The molecule has 1 aliphatic rings. The Kier molecular flexibility index (Phi) is 4.72. The number of rotatable bonds is 6. The van der Waals surface area contributed by atoms with Crippen LogP contribution in [-0.4, -0.2) is 48.8 Å². The van der Waals surface area contributed by atoms with Gasteiger partial charge in [-0.05, 0) is 29.8 Å². The molecule has 130 valence electrons. The normalized spacial score (nSPS) is 19.9. The van der Waals surface area contributed by atoms with Crippen molar-refractivity contribution in [3.05, 3.63) is 60.2 Å². The third kappa shape index (κ3) is 3.34. The first-order valence-corrected chi connectivity index (χ1v) is 8.12. The van der Waals surface area contributed by atoms with Crippen molar-refractivity contribution in [3.8, 4) is 5.75 Å². The molecule has 6 heteroatoms. The first-order valence-electron chi connectivity index (χ1n) is 8.12. The maximum Gasteiger partial charge on any atom is 0.425 e. The Morgan fingerprint density at radius 2 is 1.84 bits per heavy atom. The highest BCUT2D eigenvalue weighted by Gasteiger charge is 2.49. The Balaban J connectivity index is 1.85. The van der Waals surface area contributed by atoms with Crippen molar-refractivity contribution >= 4 is 17.7 Å². The van der Waals surface area contributed by atoms with E-state index in [4.69, 9.17) is 4.74 Å². The molecule has 1 N–H and O–H groups in total. The quantitative estimate of drug-likeness (QED) is 0.821. The zero-order valence-electron chi connectivity index (χ0n) is 14.1. The number of para-hydroxylation sites is 1. The Labute approximate surface area is 146 Å². The van der Waals surface area contributed by atoms with Gasteiger partial charge >= 0.3 is 12.0 Å². The first-order chi connectivity index (χ1) is 12.0. The van der Waals surface area contributed by atoms with Crippen LogP contribution in [0.15, 0.2) is 54.6 Å². The Morgan fingerprint density at radius 3 is 2.44 bits per heavy atom. The minimum atomic E-state index is -0.983. The van der Waals surface area contributed by atoms with E-state index < -0.39 is 5.97 Å². The van der Waals surface area contributed by atoms with Crippen LogP contribution >= 0.6 is 0 Å². The van der Waals surface area contributed by atoms with Crippen LogP contribution in [0.1, 0.15) is 5.56 Å². The van der Waals surface area contributed by atoms with Crippen LogP contribution in [0.5, 0.6) is 5.75 Å².